The highest BCUT2D eigenvalue weighted by Gasteiger charge is 2.58. The van der Waals surface area contributed by atoms with Gasteiger partial charge in [0.25, 0.3) is 0 Å². The fraction of sp³-hybridized carbons (Fsp3) is 0.455. The first-order chi connectivity index (χ1) is 14.6. The van der Waals surface area contributed by atoms with Gasteiger partial charge < -0.3 is 20.5 Å². The van der Waals surface area contributed by atoms with Crippen molar-refractivity contribution in [2.24, 2.45) is 11.3 Å². The number of hydrogen-bond acceptors (Lipinski definition) is 5. The number of hydrogen-bond donors (Lipinski definition) is 3. The van der Waals surface area contributed by atoms with E-state index in [1.165, 1.54) is 0 Å². The number of ether oxygens (including phenoxy) is 1. The Bertz CT molecular complexity index is 919. The van der Waals surface area contributed by atoms with Crippen molar-refractivity contribution in [3.63, 3.8) is 0 Å². The van der Waals surface area contributed by atoms with E-state index in [0.29, 0.717) is 0 Å². The predicted molar refractivity (Wildman–Crippen MR) is 110 cm³/mol. The summed E-state index contributed by atoms with van der Waals surface area (Å²) in [6, 6.07) is 9.29. The molecule has 0 aromatic heterocycles. The zero-order chi connectivity index (χ0) is 22.8. The van der Waals surface area contributed by atoms with Crippen molar-refractivity contribution in [1.82, 2.24) is 15.5 Å². The number of carbonyl (C=O) groups excluding carboxylic acids is 3. The summed E-state index contributed by atoms with van der Waals surface area (Å²) in [5, 5.41) is 14.8. The Morgan fingerprint density at radius 2 is 1.77 bits per heavy atom. The van der Waals surface area contributed by atoms with Gasteiger partial charge in [0.2, 0.25) is 17.7 Å². The number of nitrogens with zero attached hydrogens (tertiary/aromatic N) is 1. The second-order valence-electron chi connectivity index (χ2n) is 8.62. The van der Waals surface area contributed by atoms with Crippen LogP contribution in [-0.2, 0) is 30.3 Å². The number of allylic oxidation sites excluding steroid dienone is 1. The largest absolute Gasteiger partial charge is 0.476 e. The smallest absolute Gasteiger partial charge is 0.356 e. The maximum atomic E-state index is 12.5. The van der Waals surface area contributed by atoms with Crippen molar-refractivity contribution in [2.45, 2.75) is 39.8 Å². The number of carboxylic acids is 1. The molecule has 0 saturated carbocycles. The zero-order valence-electron chi connectivity index (χ0n) is 17.8. The molecule has 0 unspecified atom stereocenters. The average molecular weight is 429 g/mol. The van der Waals surface area contributed by atoms with Crippen LogP contribution in [0.1, 0.15) is 32.8 Å². The predicted octanol–water partition coefficient (Wildman–Crippen LogP) is 1.01. The van der Waals surface area contributed by atoms with Gasteiger partial charge in [0.1, 0.15) is 11.7 Å². The second-order valence-corrected chi connectivity index (χ2v) is 8.62. The van der Waals surface area contributed by atoms with Gasteiger partial charge in [-0.15, -0.1) is 0 Å². The van der Waals surface area contributed by atoms with Crippen LogP contribution in [0.5, 0.6) is 0 Å². The molecule has 9 nitrogen and oxygen atoms in total. The van der Waals surface area contributed by atoms with Crippen LogP contribution in [0.4, 0.5) is 0 Å². The second kappa shape index (κ2) is 8.79. The van der Waals surface area contributed by atoms with Crippen LogP contribution in [0.25, 0.3) is 0 Å². The first kappa shape index (κ1) is 22.3. The number of aliphatic carboxylic acids is 1. The molecule has 0 spiro atoms. The van der Waals surface area contributed by atoms with E-state index < -0.39 is 29.4 Å². The third kappa shape index (κ3) is 4.87. The molecule has 3 N–H and O–H groups in total. The van der Waals surface area contributed by atoms with E-state index in [0.717, 1.165) is 10.5 Å². The van der Waals surface area contributed by atoms with Crippen LogP contribution in [0.15, 0.2) is 41.8 Å². The fourth-order valence-corrected chi connectivity index (χ4v) is 3.57. The van der Waals surface area contributed by atoms with Crippen LogP contribution >= 0.6 is 0 Å². The zero-order valence-corrected chi connectivity index (χ0v) is 17.8. The number of carboxylic acid groups (broad SMARTS) is 1. The Hall–Kier alpha value is -3.36. The van der Waals surface area contributed by atoms with E-state index in [1.807, 2.05) is 51.1 Å². The molecule has 31 heavy (non-hydrogen) atoms. The van der Waals surface area contributed by atoms with Gasteiger partial charge in [0, 0.05) is 24.9 Å². The summed E-state index contributed by atoms with van der Waals surface area (Å²) in [5.74, 6) is -2.48. The maximum absolute atomic E-state index is 12.5. The summed E-state index contributed by atoms with van der Waals surface area (Å²) in [6.07, 6.45) is -0.412. The third-order valence-electron chi connectivity index (χ3n) is 5.13. The number of β-lactam (4-membered cyclic amide) rings is 1. The molecule has 9 heteroatoms. The first-order valence-corrected chi connectivity index (χ1v) is 10.1. The molecule has 3 rings (SSSR count). The molecule has 2 aliphatic heterocycles. The summed E-state index contributed by atoms with van der Waals surface area (Å²) in [7, 11) is 0. The Morgan fingerprint density at radius 3 is 2.39 bits per heavy atom. The summed E-state index contributed by atoms with van der Waals surface area (Å²) in [5.41, 5.74) is 0.182. The van der Waals surface area contributed by atoms with Crippen molar-refractivity contribution in [3.8, 4) is 0 Å². The van der Waals surface area contributed by atoms with Crippen LogP contribution in [0.2, 0.25) is 0 Å². The standard InChI is InChI=1S/C22H27N3O6/c1-22(2,3)18-17(21(29)30)25-19(28)14(20(25)31-18)12-24-15(26)9-10-23-16(27)11-13-7-5-4-6-8-13/h4-8,14,20H,9-12H2,1-3H3,(H,23,27)(H,24,26)(H,29,30)/t14-,20+/m0/s1. The lowest BCUT2D eigenvalue weighted by atomic mass is 9.91. The lowest BCUT2D eigenvalue weighted by Gasteiger charge is -2.41. The minimum absolute atomic E-state index is 0.0428. The van der Waals surface area contributed by atoms with Crippen molar-refractivity contribution < 1.29 is 29.0 Å². The van der Waals surface area contributed by atoms with Gasteiger partial charge in [0.15, 0.2) is 11.9 Å². The minimum Gasteiger partial charge on any atom is -0.476 e. The number of fused-ring (bicyclic) bond motifs is 1. The Labute approximate surface area is 180 Å². The van der Waals surface area contributed by atoms with Crippen LogP contribution < -0.4 is 10.6 Å². The van der Waals surface area contributed by atoms with Gasteiger partial charge in [-0.05, 0) is 5.56 Å². The number of nitrogens with one attached hydrogen (secondary N) is 2. The molecule has 0 aliphatic carbocycles. The summed E-state index contributed by atoms with van der Waals surface area (Å²) >= 11 is 0. The van der Waals surface area contributed by atoms with Gasteiger partial charge in [-0.25, -0.2) is 4.79 Å². The molecule has 2 heterocycles. The highest BCUT2D eigenvalue weighted by atomic mass is 16.5. The normalized spacial score (nSPS) is 20.0. The summed E-state index contributed by atoms with van der Waals surface area (Å²) in [4.78, 5) is 49.2. The summed E-state index contributed by atoms with van der Waals surface area (Å²) < 4.78 is 5.78. The average Bonchev–Trinajstić information content (AvgIpc) is 3.05. The van der Waals surface area contributed by atoms with Crippen molar-refractivity contribution in [2.75, 3.05) is 13.1 Å². The molecule has 2 atom stereocenters. The first-order valence-electron chi connectivity index (χ1n) is 10.1. The third-order valence-corrected chi connectivity index (χ3v) is 5.13. The highest BCUT2D eigenvalue weighted by molar-refractivity contribution is 5.98. The SMILES string of the molecule is CC(C)(C)C1=C(C(=O)O)N2C(=O)[C@H](CNC(=O)CCNC(=O)Cc3ccccc3)[C@H]2O1. The lowest BCUT2D eigenvalue weighted by Crippen LogP contribution is -2.62. The molecular formula is C22H27N3O6. The molecule has 0 bridgehead atoms. The van der Waals surface area contributed by atoms with E-state index in [2.05, 4.69) is 10.6 Å². The van der Waals surface area contributed by atoms with E-state index in [1.54, 1.807) is 0 Å². The number of benzene rings is 1. The number of carbonyl (C=O) groups is 4. The van der Waals surface area contributed by atoms with E-state index in [9.17, 15) is 24.3 Å². The lowest BCUT2D eigenvalue weighted by molar-refractivity contribution is -0.172. The van der Waals surface area contributed by atoms with E-state index in [4.69, 9.17) is 4.74 Å². The van der Waals surface area contributed by atoms with Crippen LogP contribution in [0, 0.1) is 11.3 Å². The highest BCUT2D eigenvalue weighted by Crippen LogP contribution is 2.45. The van der Waals surface area contributed by atoms with Crippen molar-refractivity contribution in [1.29, 1.82) is 0 Å². The molecule has 166 valence electrons. The molecule has 3 amide bonds. The molecule has 1 fully saturated rings. The molecule has 1 aromatic rings. The maximum Gasteiger partial charge on any atom is 0.356 e. The van der Waals surface area contributed by atoms with Crippen LogP contribution in [-0.4, -0.2) is 53.0 Å². The molecule has 2 aliphatic rings. The Kier molecular flexibility index (Phi) is 6.33. The quantitative estimate of drug-likeness (QED) is 0.530. The topological polar surface area (TPSA) is 125 Å². The molecule has 0 radical (unpaired) electrons. The van der Waals surface area contributed by atoms with Gasteiger partial charge in [-0.2, -0.15) is 0 Å². The Balaban J connectivity index is 1.43. The number of rotatable bonds is 8. The fourth-order valence-electron chi connectivity index (χ4n) is 3.57. The van der Waals surface area contributed by atoms with Crippen LogP contribution in [0.3, 0.4) is 0 Å². The van der Waals surface area contributed by atoms with Crippen molar-refractivity contribution >= 4 is 23.7 Å². The van der Waals surface area contributed by atoms with E-state index in [-0.39, 0.29) is 49.2 Å². The summed E-state index contributed by atoms with van der Waals surface area (Å²) in [6.45, 7) is 5.65. The monoisotopic (exact) mass is 429 g/mol. The van der Waals surface area contributed by atoms with E-state index >= 15 is 0 Å². The van der Waals surface area contributed by atoms with Gasteiger partial charge >= 0.3 is 5.97 Å². The van der Waals surface area contributed by atoms with Gasteiger partial charge in [-0.3, -0.25) is 19.3 Å². The van der Waals surface area contributed by atoms with Crippen molar-refractivity contribution in [3.05, 3.63) is 47.4 Å². The van der Waals surface area contributed by atoms with Gasteiger partial charge in [-0.1, -0.05) is 51.1 Å². The minimum atomic E-state index is -1.21. The Morgan fingerprint density at radius 1 is 1.10 bits per heavy atom. The number of amides is 3. The molecule has 1 saturated heterocycles. The molecule has 1 aromatic carbocycles. The molecular weight excluding hydrogens is 402 g/mol. The van der Waals surface area contributed by atoms with Gasteiger partial charge in [0.05, 0.1) is 6.42 Å².